The van der Waals surface area contributed by atoms with E-state index < -0.39 is 0 Å². The van der Waals surface area contributed by atoms with Crippen molar-refractivity contribution in [2.45, 2.75) is 6.42 Å². The van der Waals surface area contributed by atoms with Crippen LogP contribution in [0.2, 0.25) is 0 Å². The molecule has 0 aliphatic carbocycles. The molecule has 3 aromatic rings. The number of carbonyl (C=O) groups is 1. The summed E-state index contributed by atoms with van der Waals surface area (Å²) in [5.41, 5.74) is 2.79. The van der Waals surface area contributed by atoms with E-state index in [1.807, 2.05) is 53.9 Å². The second-order valence-electron chi connectivity index (χ2n) is 4.63. The van der Waals surface area contributed by atoms with Crippen molar-refractivity contribution >= 4 is 22.9 Å². The zero-order chi connectivity index (χ0) is 14.5. The smallest absolute Gasteiger partial charge is 0.229 e. The second kappa shape index (κ2) is 6.33. The average Bonchev–Trinajstić information content (AvgIpc) is 3.01. The Bertz CT molecular complexity index is 724. The summed E-state index contributed by atoms with van der Waals surface area (Å²) in [4.78, 5) is 17.2. The lowest BCUT2D eigenvalue weighted by Crippen LogP contribution is -2.13. The number of benzene rings is 1. The summed E-state index contributed by atoms with van der Waals surface area (Å²) in [5, 5.41) is 4.87. The maximum Gasteiger partial charge on any atom is 0.229 e. The Balaban J connectivity index is 1.73. The number of hydrogen-bond donors (Lipinski definition) is 1. The van der Waals surface area contributed by atoms with Gasteiger partial charge in [-0.2, -0.15) is 0 Å². The highest BCUT2D eigenvalue weighted by atomic mass is 32.1. The molecule has 0 spiro atoms. The van der Waals surface area contributed by atoms with Gasteiger partial charge in [0.25, 0.3) is 0 Å². The maximum absolute atomic E-state index is 12.0. The van der Waals surface area contributed by atoms with Gasteiger partial charge >= 0.3 is 0 Å². The molecular formula is C17H14N2OS. The maximum atomic E-state index is 12.0. The summed E-state index contributed by atoms with van der Waals surface area (Å²) in [6.07, 6.45) is 3.86. The Morgan fingerprint density at radius 2 is 1.90 bits per heavy atom. The fourth-order valence-electron chi connectivity index (χ4n) is 2.07. The molecule has 0 fully saturated rings. The molecule has 21 heavy (non-hydrogen) atoms. The molecule has 0 saturated heterocycles. The van der Waals surface area contributed by atoms with Crippen LogP contribution in [0.4, 0.5) is 5.69 Å². The van der Waals surface area contributed by atoms with E-state index >= 15 is 0 Å². The predicted octanol–water partition coefficient (Wildman–Crippen LogP) is 3.99. The van der Waals surface area contributed by atoms with Crippen molar-refractivity contribution in [1.82, 2.24) is 4.98 Å². The number of nitrogens with zero attached hydrogens (tertiary/aromatic N) is 1. The second-order valence-corrected chi connectivity index (χ2v) is 5.66. The van der Waals surface area contributed by atoms with Gasteiger partial charge in [0.15, 0.2) is 0 Å². The molecule has 104 valence electrons. The van der Waals surface area contributed by atoms with Gasteiger partial charge in [0.1, 0.15) is 0 Å². The quantitative estimate of drug-likeness (QED) is 0.790. The molecule has 0 atom stereocenters. The first-order chi connectivity index (χ1) is 10.3. The van der Waals surface area contributed by atoms with Gasteiger partial charge in [0, 0.05) is 16.6 Å². The van der Waals surface area contributed by atoms with Crippen LogP contribution >= 0.6 is 11.3 Å². The van der Waals surface area contributed by atoms with Crippen molar-refractivity contribution in [2.75, 3.05) is 5.32 Å². The van der Waals surface area contributed by atoms with Gasteiger partial charge in [0.05, 0.1) is 18.3 Å². The lowest BCUT2D eigenvalue weighted by molar-refractivity contribution is -0.115. The Morgan fingerprint density at radius 1 is 1.05 bits per heavy atom. The SMILES string of the molecule is O=C(Cc1cccs1)Nc1cncc(-c2ccccc2)c1. The number of amides is 1. The fourth-order valence-corrected chi connectivity index (χ4v) is 2.78. The molecule has 0 radical (unpaired) electrons. The molecule has 2 heterocycles. The van der Waals surface area contributed by atoms with Crippen LogP contribution in [-0.2, 0) is 11.2 Å². The Labute approximate surface area is 127 Å². The third kappa shape index (κ3) is 3.55. The highest BCUT2D eigenvalue weighted by Gasteiger charge is 2.06. The van der Waals surface area contributed by atoms with Crippen LogP contribution in [0.1, 0.15) is 4.88 Å². The summed E-state index contributed by atoms with van der Waals surface area (Å²) in [5.74, 6) is -0.0236. The molecule has 2 aromatic heterocycles. The Kier molecular flexibility index (Phi) is 4.07. The van der Waals surface area contributed by atoms with Crippen LogP contribution in [0.25, 0.3) is 11.1 Å². The molecule has 1 aromatic carbocycles. The van der Waals surface area contributed by atoms with Crippen molar-refractivity contribution in [3.05, 3.63) is 71.2 Å². The van der Waals surface area contributed by atoms with E-state index in [0.717, 1.165) is 21.7 Å². The molecule has 0 aliphatic rings. The van der Waals surface area contributed by atoms with Gasteiger partial charge < -0.3 is 5.32 Å². The Morgan fingerprint density at radius 3 is 2.67 bits per heavy atom. The Hall–Kier alpha value is -2.46. The normalized spacial score (nSPS) is 10.3. The van der Waals surface area contributed by atoms with E-state index in [9.17, 15) is 4.79 Å². The van der Waals surface area contributed by atoms with Crippen molar-refractivity contribution in [2.24, 2.45) is 0 Å². The summed E-state index contributed by atoms with van der Waals surface area (Å²) < 4.78 is 0. The first-order valence-electron chi connectivity index (χ1n) is 6.64. The molecule has 3 nitrogen and oxygen atoms in total. The van der Waals surface area contributed by atoms with Crippen molar-refractivity contribution in [3.63, 3.8) is 0 Å². The van der Waals surface area contributed by atoms with E-state index in [0.29, 0.717) is 6.42 Å². The lowest BCUT2D eigenvalue weighted by atomic mass is 10.1. The van der Waals surface area contributed by atoms with E-state index in [1.165, 1.54) is 0 Å². The molecule has 0 saturated carbocycles. The monoisotopic (exact) mass is 294 g/mol. The summed E-state index contributed by atoms with van der Waals surface area (Å²) in [6, 6.07) is 15.8. The van der Waals surface area contributed by atoms with Crippen LogP contribution in [0.15, 0.2) is 66.3 Å². The van der Waals surface area contributed by atoms with Crippen molar-refractivity contribution < 1.29 is 4.79 Å². The minimum absolute atomic E-state index is 0.0236. The number of rotatable bonds is 4. The van der Waals surface area contributed by atoms with Gasteiger partial charge in [-0.05, 0) is 23.1 Å². The van der Waals surface area contributed by atoms with E-state index in [-0.39, 0.29) is 5.91 Å². The van der Waals surface area contributed by atoms with Crippen molar-refractivity contribution in [1.29, 1.82) is 0 Å². The highest BCUT2D eigenvalue weighted by molar-refractivity contribution is 7.10. The van der Waals surface area contributed by atoms with Gasteiger partial charge in [0.2, 0.25) is 5.91 Å². The van der Waals surface area contributed by atoms with E-state index in [4.69, 9.17) is 0 Å². The summed E-state index contributed by atoms with van der Waals surface area (Å²) >= 11 is 1.59. The van der Waals surface area contributed by atoms with Gasteiger partial charge in [-0.1, -0.05) is 36.4 Å². The molecule has 0 unspecified atom stereocenters. The van der Waals surface area contributed by atoms with Crippen LogP contribution in [0, 0.1) is 0 Å². The number of aromatic nitrogens is 1. The molecule has 1 amide bonds. The molecule has 0 bridgehead atoms. The highest BCUT2D eigenvalue weighted by Crippen LogP contribution is 2.21. The third-order valence-corrected chi connectivity index (χ3v) is 3.92. The minimum atomic E-state index is -0.0236. The van der Waals surface area contributed by atoms with E-state index in [1.54, 1.807) is 23.7 Å². The zero-order valence-corrected chi connectivity index (χ0v) is 12.1. The average molecular weight is 294 g/mol. The van der Waals surface area contributed by atoms with Crippen LogP contribution in [-0.4, -0.2) is 10.9 Å². The number of carbonyl (C=O) groups excluding carboxylic acids is 1. The summed E-state index contributed by atoms with van der Waals surface area (Å²) in [6.45, 7) is 0. The third-order valence-electron chi connectivity index (χ3n) is 3.04. The fraction of sp³-hybridized carbons (Fsp3) is 0.0588. The van der Waals surface area contributed by atoms with Gasteiger partial charge in [-0.25, -0.2) is 0 Å². The van der Waals surface area contributed by atoms with Crippen LogP contribution in [0.3, 0.4) is 0 Å². The standard InChI is InChI=1S/C17H14N2OS/c20-17(10-16-7-4-8-21-16)19-15-9-14(11-18-12-15)13-5-2-1-3-6-13/h1-9,11-12H,10H2,(H,19,20). The predicted molar refractivity (Wildman–Crippen MR) is 86.3 cm³/mol. The zero-order valence-electron chi connectivity index (χ0n) is 11.3. The van der Waals surface area contributed by atoms with Gasteiger partial charge in [-0.3, -0.25) is 9.78 Å². The van der Waals surface area contributed by atoms with Gasteiger partial charge in [-0.15, -0.1) is 11.3 Å². The first-order valence-corrected chi connectivity index (χ1v) is 7.52. The number of nitrogens with one attached hydrogen (secondary N) is 1. The molecular weight excluding hydrogens is 280 g/mol. The molecule has 3 rings (SSSR count). The first kappa shape index (κ1) is 13.5. The summed E-state index contributed by atoms with van der Waals surface area (Å²) in [7, 11) is 0. The van der Waals surface area contributed by atoms with Crippen LogP contribution < -0.4 is 5.32 Å². The molecule has 0 aliphatic heterocycles. The largest absolute Gasteiger partial charge is 0.324 e. The topological polar surface area (TPSA) is 42.0 Å². The number of anilines is 1. The molecule has 1 N–H and O–H groups in total. The number of pyridine rings is 1. The van der Waals surface area contributed by atoms with E-state index in [2.05, 4.69) is 10.3 Å². The number of thiophene rings is 1. The number of hydrogen-bond acceptors (Lipinski definition) is 3. The molecule has 4 heteroatoms. The van der Waals surface area contributed by atoms with Crippen LogP contribution in [0.5, 0.6) is 0 Å². The lowest BCUT2D eigenvalue weighted by Gasteiger charge is -2.06. The van der Waals surface area contributed by atoms with Crippen molar-refractivity contribution in [3.8, 4) is 11.1 Å². The minimum Gasteiger partial charge on any atom is -0.324 e.